The summed E-state index contributed by atoms with van der Waals surface area (Å²) in [6.07, 6.45) is -0.760. The molecule has 3 nitrogen and oxygen atoms in total. The van der Waals surface area contributed by atoms with Crippen LogP contribution in [0.2, 0.25) is 0 Å². The predicted octanol–water partition coefficient (Wildman–Crippen LogP) is 4.46. The molecule has 2 aromatic carbocycles. The molecular formula is C18H16O3. The van der Waals surface area contributed by atoms with Gasteiger partial charge in [-0.3, -0.25) is 0 Å². The quantitative estimate of drug-likeness (QED) is 0.767. The molecule has 1 atom stereocenters. The lowest BCUT2D eigenvalue weighted by molar-refractivity contribution is 0.187. The zero-order valence-corrected chi connectivity index (χ0v) is 11.7. The van der Waals surface area contributed by atoms with Crippen LogP contribution in [-0.2, 0) is 0 Å². The van der Waals surface area contributed by atoms with Gasteiger partial charge in [-0.2, -0.15) is 0 Å². The van der Waals surface area contributed by atoms with E-state index in [-0.39, 0.29) is 0 Å². The van der Waals surface area contributed by atoms with Gasteiger partial charge in [0.15, 0.2) is 0 Å². The maximum Gasteiger partial charge on any atom is 0.137 e. The molecule has 0 aliphatic carbocycles. The van der Waals surface area contributed by atoms with Crippen molar-refractivity contribution in [3.8, 4) is 11.5 Å². The van der Waals surface area contributed by atoms with E-state index in [0.717, 1.165) is 22.8 Å². The number of rotatable bonds is 4. The van der Waals surface area contributed by atoms with Gasteiger partial charge >= 0.3 is 0 Å². The number of aliphatic hydroxyl groups excluding tert-OH is 1. The van der Waals surface area contributed by atoms with Crippen LogP contribution in [0.15, 0.2) is 71.1 Å². The van der Waals surface area contributed by atoms with E-state index in [1.807, 2.05) is 67.6 Å². The van der Waals surface area contributed by atoms with Crippen molar-refractivity contribution in [3.05, 3.63) is 83.8 Å². The standard InChI is InChI=1S/C18H16O3/c1-13-7-12-17(20-13)18(19)14-8-10-16(11-9-14)21-15-5-3-2-4-6-15/h2-12,18-19H,1H3. The minimum Gasteiger partial charge on any atom is -0.463 e. The van der Waals surface area contributed by atoms with E-state index >= 15 is 0 Å². The summed E-state index contributed by atoms with van der Waals surface area (Å²) in [6.45, 7) is 1.85. The summed E-state index contributed by atoms with van der Waals surface area (Å²) in [5, 5.41) is 10.3. The molecular weight excluding hydrogens is 264 g/mol. The summed E-state index contributed by atoms with van der Waals surface area (Å²) in [4.78, 5) is 0. The Morgan fingerprint density at radius 3 is 2.14 bits per heavy atom. The van der Waals surface area contributed by atoms with Gasteiger partial charge in [-0.1, -0.05) is 30.3 Å². The second-order valence-corrected chi connectivity index (χ2v) is 4.84. The molecule has 0 saturated heterocycles. The number of benzene rings is 2. The van der Waals surface area contributed by atoms with Gasteiger partial charge < -0.3 is 14.3 Å². The van der Waals surface area contributed by atoms with Gasteiger partial charge in [0.25, 0.3) is 0 Å². The first-order valence-electron chi connectivity index (χ1n) is 6.79. The van der Waals surface area contributed by atoms with Gasteiger partial charge in [-0.15, -0.1) is 0 Å². The molecule has 1 aromatic heterocycles. The van der Waals surface area contributed by atoms with Crippen molar-refractivity contribution in [1.29, 1.82) is 0 Å². The van der Waals surface area contributed by atoms with Crippen molar-refractivity contribution in [2.75, 3.05) is 0 Å². The highest BCUT2D eigenvalue weighted by atomic mass is 16.5. The highest BCUT2D eigenvalue weighted by molar-refractivity contribution is 5.35. The maximum atomic E-state index is 10.3. The number of ether oxygens (including phenoxy) is 1. The number of hydrogen-bond donors (Lipinski definition) is 1. The Labute approximate surface area is 123 Å². The van der Waals surface area contributed by atoms with E-state index in [4.69, 9.17) is 9.15 Å². The number of aryl methyl sites for hydroxylation is 1. The first-order valence-corrected chi connectivity index (χ1v) is 6.79. The molecule has 1 unspecified atom stereocenters. The first kappa shape index (κ1) is 13.5. The molecule has 0 radical (unpaired) electrons. The van der Waals surface area contributed by atoms with Gasteiger partial charge in [0.05, 0.1) is 0 Å². The zero-order valence-electron chi connectivity index (χ0n) is 11.7. The summed E-state index contributed by atoms with van der Waals surface area (Å²) in [5.74, 6) is 2.84. The Morgan fingerprint density at radius 2 is 1.52 bits per heavy atom. The SMILES string of the molecule is Cc1ccc(C(O)c2ccc(Oc3ccccc3)cc2)o1. The third-order valence-electron chi connectivity index (χ3n) is 3.21. The summed E-state index contributed by atoms with van der Waals surface area (Å²) >= 11 is 0. The van der Waals surface area contributed by atoms with Crippen molar-refractivity contribution in [3.63, 3.8) is 0 Å². The molecule has 0 spiro atoms. The number of aliphatic hydroxyl groups is 1. The monoisotopic (exact) mass is 280 g/mol. The Kier molecular flexibility index (Phi) is 3.75. The van der Waals surface area contributed by atoms with Crippen LogP contribution in [-0.4, -0.2) is 5.11 Å². The Hall–Kier alpha value is -2.52. The lowest BCUT2D eigenvalue weighted by Gasteiger charge is -2.10. The molecule has 3 aromatic rings. The van der Waals surface area contributed by atoms with E-state index < -0.39 is 6.10 Å². The van der Waals surface area contributed by atoms with Gasteiger partial charge in [0, 0.05) is 0 Å². The average Bonchev–Trinajstić information content (AvgIpc) is 2.95. The molecule has 0 aliphatic rings. The predicted molar refractivity (Wildman–Crippen MR) is 80.5 cm³/mol. The van der Waals surface area contributed by atoms with E-state index in [1.165, 1.54) is 0 Å². The van der Waals surface area contributed by atoms with E-state index in [2.05, 4.69) is 0 Å². The second-order valence-electron chi connectivity index (χ2n) is 4.84. The van der Waals surface area contributed by atoms with Crippen LogP contribution in [0, 0.1) is 6.92 Å². The fraction of sp³-hybridized carbons (Fsp3) is 0.111. The lowest BCUT2D eigenvalue weighted by Crippen LogP contribution is -1.97. The third-order valence-corrected chi connectivity index (χ3v) is 3.21. The minimum atomic E-state index is -0.760. The second kappa shape index (κ2) is 5.85. The van der Waals surface area contributed by atoms with Crippen molar-refractivity contribution < 1.29 is 14.3 Å². The number of para-hydroxylation sites is 1. The highest BCUT2D eigenvalue weighted by Gasteiger charge is 2.14. The van der Waals surface area contributed by atoms with Crippen LogP contribution < -0.4 is 4.74 Å². The molecule has 3 heteroatoms. The molecule has 106 valence electrons. The first-order chi connectivity index (χ1) is 10.2. The largest absolute Gasteiger partial charge is 0.463 e. The van der Waals surface area contributed by atoms with Crippen LogP contribution in [0.1, 0.15) is 23.2 Å². The van der Waals surface area contributed by atoms with Gasteiger partial charge in [0.2, 0.25) is 0 Å². The number of hydrogen-bond acceptors (Lipinski definition) is 3. The van der Waals surface area contributed by atoms with Gasteiger partial charge in [0.1, 0.15) is 29.1 Å². The number of furan rings is 1. The van der Waals surface area contributed by atoms with Crippen LogP contribution >= 0.6 is 0 Å². The molecule has 21 heavy (non-hydrogen) atoms. The summed E-state index contributed by atoms with van der Waals surface area (Å²) in [6, 6.07) is 20.5. The summed E-state index contributed by atoms with van der Waals surface area (Å²) in [5.41, 5.74) is 0.768. The smallest absolute Gasteiger partial charge is 0.137 e. The van der Waals surface area contributed by atoms with Crippen LogP contribution in [0.4, 0.5) is 0 Å². The molecule has 0 bridgehead atoms. The fourth-order valence-corrected chi connectivity index (χ4v) is 2.11. The molecule has 3 rings (SSSR count). The van der Waals surface area contributed by atoms with Crippen molar-refractivity contribution in [1.82, 2.24) is 0 Å². The van der Waals surface area contributed by atoms with Crippen molar-refractivity contribution in [2.45, 2.75) is 13.0 Å². The topological polar surface area (TPSA) is 42.6 Å². The molecule has 1 heterocycles. The Balaban J connectivity index is 1.75. The highest BCUT2D eigenvalue weighted by Crippen LogP contribution is 2.27. The van der Waals surface area contributed by atoms with E-state index in [9.17, 15) is 5.11 Å². The van der Waals surface area contributed by atoms with Crippen molar-refractivity contribution in [2.24, 2.45) is 0 Å². The average molecular weight is 280 g/mol. The molecule has 0 amide bonds. The van der Waals surface area contributed by atoms with Crippen LogP contribution in [0.25, 0.3) is 0 Å². The van der Waals surface area contributed by atoms with Crippen molar-refractivity contribution >= 4 is 0 Å². The Bertz CT molecular complexity index is 699. The maximum absolute atomic E-state index is 10.3. The van der Waals surface area contributed by atoms with Crippen LogP contribution in [0.3, 0.4) is 0 Å². The summed E-state index contributed by atoms with van der Waals surface area (Å²) < 4.78 is 11.2. The van der Waals surface area contributed by atoms with Gasteiger partial charge in [-0.25, -0.2) is 0 Å². The zero-order chi connectivity index (χ0) is 14.7. The Morgan fingerprint density at radius 1 is 0.857 bits per heavy atom. The normalized spacial score (nSPS) is 12.1. The fourth-order valence-electron chi connectivity index (χ4n) is 2.11. The third kappa shape index (κ3) is 3.15. The summed E-state index contributed by atoms with van der Waals surface area (Å²) in [7, 11) is 0. The molecule has 0 saturated carbocycles. The molecule has 1 N–H and O–H groups in total. The minimum absolute atomic E-state index is 0.546. The molecule has 0 aliphatic heterocycles. The van der Waals surface area contributed by atoms with E-state index in [0.29, 0.717) is 5.76 Å². The van der Waals surface area contributed by atoms with E-state index in [1.54, 1.807) is 6.07 Å². The lowest BCUT2D eigenvalue weighted by atomic mass is 10.1. The van der Waals surface area contributed by atoms with Gasteiger partial charge in [-0.05, 0) is 48.9 Å². The van der Waals surface area contributed by atoms with Crippen LogP contribution in [0.5, 0.6) is 11.5 Å². The molecule has 0 fully saturated rings.